The average molecular weight is 304 g/mol. The van der Waals surface area contributed by atoms with Crippen LogP contribution in [-0.4, -0.2) is 13.2 Å². The first-order chi connectivity index (χ1) is 10.2. The minimum Gasteiger partial charge on any atom is -0.494 e. The van der Waals surface area contributed by atoms with Gasteiger partial charge in [0, 0.05) is 5.41 Å². The molecule has 22 heavy (non-hydrogen) atoms. The molecule has 124 valence electrons. The van der Waals surface area contributed by atoms with Gasteiger partial charge < -0.3 is 9.47 Å². The molecule has 1 atom stereocenters. The van der Waals surface area contributed by atoms with E-state index in [9.17, 15) is 0 Å². The smallest absolute Gasteiger partial charge is 0.119 e. The molecule has 1 heterocycles. The molecular weight excluding hydrogens is 272 g/mol. The maximum Gasteiger partial charge on any atom is 0.119 e. The first-order valence-corrected chi connectivity index (χ1v) is 8.54. The van der Waals surface area contributed by atoms with Crippen molar-refractivity contribution in [3.8, 4) is 5.75 Å². The Morgan fingerprint density at radius 1 is 1.23 bits per heavy atom. The Morgan fingerprint density at radius 3 is 2.32 bits per heavy atom. The van der Waals surface area contributed by atoms with Gasteiger partial charge in [-0.3, -0.25) is 0 Å². The predicted molar refractivity (Wildman–Crippen MR) is 92.3 cm³/mol. The second kappa shape index (κ2) is 6.62. The number of hydrogen-bond acceptors (Lipinski definition) is 2. The van der Waals surface area contributed by atoms with E-state index in [1.54, 1.807) is 0 Å². The molecule has 1 saturated heterocycles. The van der Waals surface area contributed by atoms with Crippen LogP contribution in [0.3, 0.4) is 0 Å². The number of benzene rings is 1. The minimum absolute atomic E-state index is 0.228. The molecular formula is C20H32O2. The summed E-state index contributed by atoms with van der Waals surface area (Å²) in [5.74, 6) is 1.70. The average Bonchev–Trinajstić information content (AvgIpc) is 2.38. The van der Waals surface area contributed by atoms with Gasteiger partial charge in [-0.15, -0.1) is 0 Å². The van der Waals surface area contributed by atoms with E-state index in [4.69, 9.17) is 9.47 Å². The zero-order valence-electron chi connectivity index (χ0n) is 15.1. The molecule has 1 fully saturated rings. The van der Waals surface area contributed by atoms with E-state index in [1.807, 2.05) is 0 Å². The lowest BCUT2D eigenvalue weighted by Crippen LogP contribution is -2.40. The van der Waals surface area contributed by atoms with Gasteiger partial charge in [-0.25, -0.2) is 0 Å². The molecule has 1 aliphatic rings. The van der Waals surface area contributed by atoms with Crippen LogP contribution in [0, 0.1) is 16.7 Å². The van der Waals surface area contributed by atoms with Gasteiger partial charge in [0.2, 0.25) is 0 Å². The fourth-order valence-corrected chi connectivity index (χ4v) is 3.44. The van der Waals surface area contributed by atoms with Gasteiger partial charge in [-0.05, 0) is 41.9 Å². The Morgan fingerprint density at radius 2 is 1.86 bits per heavy atom. The monoisotopic (exact) mass is 304 g/mol. The van der Waals surface area contributed by atoms with E-state index < -0.39 is 0 Å². The van der Waals surface area contributed by atoms with Crippen LogP contribution >= 0.6 is 0 Å². The molecule has 0 aliphatic carbocycles. The van der Waals surface area contributed by atoms with Gasteiger partial charge in [0.1, 0.15) is 5.75 Å². The summed E-state index contributed by atoms with van der Waals surface area (Å²) in [6.45, 7) is 15.4. The predicted octanol–water partition coefficient (Wildman–Crippen LogP) is 5.63. The van der Waals surface area contributed by atoms with Crippen molar-refractivity contribution in [2.24, 2.45) is 16.7 Å². The van der Waals surface area contributed by atoms with Gasteiger partial charge in [0.05, 0.1) is 19.3 Å². The summed E-state index contributed by atoms with van der Waals surface area (Å²) in [6.07, 6.45) is 2.56. The molecule has 0 aromatic heterocycles. The van der Waals surface area contributed by atoms with Crippen molar-refractivity contribution in [2.75, 3.05) is 13.2 Å². The highest BCUT2D eigenvalue weighted by Gasteiger charge is 2.40. The Bertz CT molecular complexity index is 471. The maximum absolute atomic E-state index is 5.92. The van der Waals surface area contributed by atoms with Crippen LogP contribution in [0.1, 0.15) is 66.1 Å². The summed E-state index contributed by atoms with van der Waals surface area (Å²) in [5.41, 5.74) is 1.85. The standard InChI is InChI=1S/C20H32O2/c1-15(2)13-19(3,4)11-12-21-17-9-7-16(8-10-17)18-20(5,6)14-22-18/h7-10,15,18H,11-14H2,1-6H3. The molecule has 2 nitrogen and oxygen atoms in total. The highest BCUT2D eigenvalue weighted by molar-refractivity contribution is 5.30. The molecule has 1 aliphatic heterocycles. The van der Waals surface area contributed by atoms with Gasteiger partial charge in [0.15, 0.2) is 0 Å². The zero-order valence-corrected chi connectivity index (χ0v) is 15.1. The van der Waals surface area contributed by atoms with Crippen molar-refractivity contribution < 1.29 is 9.47 Å². The van der Waals surface area contributed by atoms with Crippen LogP contribution in [-0.2, 0) is 4.74 Å². The summed E-state index contributed by atoms with van der Waals surface area (Å²) in [6, 6.07) is 8.42. The molecule has 1 aromatic rings. The first-order valence-electron chi connectivity index (χ1n) is 8.54. The molecule has 0 spiro atoms. The summed E-state index contributed by atoms with van der Waals surface area (Å²) in [5, 5.41) is 0. The molecule has 2 rings (SSSR count). The molecule has 0 saturated carbocycles. The zero-order chi connectivity index (χ0) is 16.4. The summed E-state index contributed by atoms with van der Waals surface area (Å²) < 4.78 is 11.6. The third-order valence-electron chi connectivity index (χ3n) is 4.52. The molecule has 1 aromatic carbocycles. The SMILES string of the molecule is CC(C)CC(C)(C)CCOc1ccc(C2OCC2(C)C)cc1. The fourth-order valence-electron chi connectivity index (χ4n) is 3.44. The van der Waals surface area contributed by atoms with Gasteiger partial charge in [-0.1, -0.05) is 53.7 Å². The Labute approximate surface area is 136 Å². The van der Waals surface area contributed by atoms with Crippen LogP contribution in [0.15, 0.2) is 24.3 Å². The lowest BCUT2D eigenvalue weighted by molar-refractivity contribution is -0.172. The van der Waals surface area contributed by atoms with Crippen LogP contribution < -0.4 is 4.74 Å². The topological polar surface area (TPSA) is 18.5 Å². The number of rotatable bonds is 7. The van der Waals surface area contributed by atoms with E-state index in [0.717, 1.165) is 31.3 Å². The highest BCUT2D eigenvalue weighted by atomic mass is 16.5. The van der Waals surface area contributed by atoms with Crippen LogP contribution in [0.5, 0.6) is 5.75 Å². The molecule has 0 bridgehead atoms. The number of ether oxygens (including phenoxy) is 2. The molecule has 0 amide bonds. The van der Waals surface area contributed by atoms with E-state index in [1.165, 1.54) is 12.0 Å². The fraction of sp³-hybridized carbons (Fsp3) is 0.700. The van der Waals surface area contributed by atoms with E-state index in [-0.39, 0.29) is 11.5 Å². The summed E-state index contributed by atoms with van der Waals surface area (Å²) >= 11 is 0. The van der Waals surface area contributed by atoms with Gasteiger partial charge in [-0.2, -0.15) is 0 Å². The van der Waals surface area contributed by atoms with Crippen molar-refractivity contribution in [1.29, 1.82) is 0 Å². The Hall–Kier alpha value is -1.02. The molecule has 0 radical (unpaired) electrons. The lowest BCUT2D eigenvalue weighted by atomic mass is 9.79. The summed E-state index contributed by atoms with van der Waals surface area (Å²) in [4.78, 5) is 0. The first kappa shape index (κ1) is 17.3. The second-order valence-corrected chi connectivity index (χ2v) is 8.61. The van der Waals surface area contributed by atoms with Crippen molar-refractivity contribution >= 4 is 0 Å². The number of hydrogen-bond donors (Lipinski definition) is 0. The molecule has 2 heteroatoms. The van der Waals surface area contributed by atoms with Crippen molar-refractivity contribution in [3.05, 3.63) is 29.8 Å². The molecule has 0 N–H and O–H groups in total. The minimum atomic E-state index is 0.228. The lowest BCUT2D eigenvalue weighted by Gasteiger charge is -2.44. The van der Waals surface area contributed by atoms with Crippen molar-refractivity contribution in [1.82, 2.24) is 0 Å². The molecule has 1 unspecified atom stereocenters. The second-order valence-electron chi connectivity index (χ2n) is 8.61. The van der Waals surface area contributed by atoms with Crippen LogP contribution in [0.2, 0.25) is 0 Å². The third kappa shape index (κ3) is 4.49. The van der Waals surface area contributed by atoms with E-state index in [0.29, 0.717) is 5.41 Å². The quantitative estimate of drug-likeness (QED) is 0.650. The van der Waals surface area contributed by atoms with Crippen molar-refractivity contribution in [3.63, 3.8) is 0 Å². The van der Waals surface area contributed by atoms with Crippen LogP contribution in [0.4, 0.5) is 0 Å². The van der Waals surface area contributed by atoms with Crippen LogP contribution in [0.25, 0.3) is 0 Å². The largest absolute Gasteiger partial charge is 0.494 e. The Kier molecular flexibility index (Phi) is 5.21. The Balaban J connectivity index is 1.82. The van der Waals surface area contributed by atoms with Gasteiger partial charge >= 0.3 is 0 Å². The highest BCUT2D eigenvalue weighted by Crippen LogP contribution is 2.45. The van der Waals surface area contributed by atoms with Gasteiger partial charge in [0.25, 0.3) is 0 Å². The normalized spacial score (nSPS) is 20.8. The van der Waals surface area contributed by atoms with Crippen molar-refractivity contribution in [2.45, 2.75) is 60.5 Å². The van der Waals surface area contributed by atoms with E-state index in [2.05, 4.69) is 65.8 Å². The maximum atomic E-state index is 5.92. The van der Waals surface area contributed by atoms with E-state index >= 15 is 0 Å². The third-order valence-corrected chi connectivity index (χ3v) is 4.52. The summed E-state index contributed by atoms with van der Waals surface area (Å²) in [7, 11) is 0.